The van der Waals surface area contributed by atoms with Gasteiger partial charge in [-0.15, -0.1) is 0 Å². The molecule has 2 rings (SSSR count). The van der Waals surface area contributed by atoms with Crippen LogP contribution in [-0.2, 0) is 11.8 Å². The predicted octanol–water partition coefficient (Wildman–Crippen LogP) is 1.14. The number of aliphatic carboxylic acids is 1. The van der Waals surface area contributed by atoms with E-state index in [1.54, 1.807) is 29.0 Å². The second-order valence-corrected chi connectivity index (χ2v) is 5.13. The van der Waals surface area contributed by atoms with E-state index in [-0.39, 0.29) is 5.91 Å². The summed E-state index contributed by atoms with van der Waals surface area (Å²) in [5.74, 6) is -0.813. The fourth-order valence-corrected chi connectivity index (χ4v) is 2.57. The fraction of sp³-hybridized carbons (Fsp3) is 0.615. The van der Waals surface area contributed by atoms with Gasteiger partial charge in [0.05, 0.1) is 17.2 Å². The number of amides is 1. The van der Waals surface area contributed by atoms with Crippen molar-refractivity contribution < 1.29 is 14.7 Å². The van der Waals surface area contributed by atoms with Crippen LogP contribution in [0.1, 0.15) is 36.5 Å². The highest BCUT2D eigenvalue weighted by atomic mass is 16.4. The van der Waals surface area contributed by atoms with Crippen LogP contribution in [0.2, 0.25) is 0 Å². The summed E-state index contributed by atoms with van der Waals surface area (Å²) in [5, 5.41) is 13.3. The molecular weight excluding hydrogens is 246 g/mol. The fourth-order valence-electron chi connectivity index (χ4n) is 2.57. The van der Waals surface area contributed by atoms with Gasteiger partial charge in [-0.3, -0.25) is 14.3 Å². The Morgan fingerprint density at radius 3 is 2.47 bits per heavy atom. The smallest absolute Gasteiger partial charge is 0.309 e. The molecule has 19 heavy (non-hydrogen) atoms. The number of carbonyl (C=O) groups is 2. The van der Waals surface area contributed by atoms with Crippen molar-refractivity contribution in [3.8, 4) is 0 Å². The van der Waals surface area contributed by atoms with Crippen molar-refractivity contribution in [2.45, 2.75) is 26.2 Å². The molecule has 1 aromatic heterocycles. The Hall–Kier alpha value is -1.85. The molecule has 6 nitrogen and oxygen atoms in total. The minimum atomic E-state index is -0.747. The van der Waals surface area contributed by atoms with Gasteiger partial charge in [0, 0.05) is 26.3 Å². The van der Waals surface area contributed by atoms with Crippen LogP contribution in [0, 0.1) is 5.41 Å². The molecule has 0 unspecified atom stereocenters. The molecule has 1 amide bonds. The van der Waals surface area contributed by atoms with Gasteiger partial charge in [-0.25, -0.2) is 0 Å². The van der Waals surface area contributed by atoms with Crippen LogP contribution in [0.3, 0.4) is 0 Å². The van der Waals surface area contributed by atoms with E-state index in [9.17, 15) is 14.7 Å². The Morgan fingerprint density at radius 1 is 1.42 bits per heavy atom. The summed E-state index contributed by atoms with van der Waals surface area (Å²) in [5.41, 5.74) is -0.104. The molecule has 0 bridgehead atoms. The highest BCUT2D eigenvalue weighted by molar-refractivity contribution is 5.94. The Balaban J connectivity index is 2.04. The first-order valence-electron chi connectivity index (χ1n) is 6.50. The summed E-state index contributed by atoms with van der Waals surface area (Å²) in [6, 6.07) is 0. The number of carbonyl (C=O) groups excluding carboxylic acids is 1. The first-order chi connectivity index (χ1) is 8.98. The molecule has 104 valence electrons. The molecule has 1 aliphatic rings. The van der Waals surface area contributed by atoms with Crippen molar-refractivity contribution >= 4 is 11.9 Å². The van der Waals surface area contributed by atoms with Crippen molar-refractivity contribution in [1.29, 1.82) is 0 Å². The summed E-state index contributed by atoms with van der Waals surface area (Å²) >= 11 is 0. The van der Waals surface area contributed by atoms with E-state index in [0.29, 0.717) is 37.9 Å². The van der Waals surface area contributed by atoms with Gasteiger partial charge in [0.2, 0.25) is 0 Å². The number of rotatable bonds is 3. The Bertz CT molecular complexity index is 487. The third-order valence-electron chi connectivity index (χ3n) is 4.09. The van der Waals surface area contributed by atoms with Gasteiger partial charge in [0.1, 0.15) is 0 Å². The number of carboxylic acids is 1. The van der Waals surface area contributed by atoms with E-state index in [4.69, 9.17) is 0 Å². The number of likely N-dealkylation sites (tertiary alicyclic amines) is 1. The molecule has 0 radical (unpaired) electrons. The number of aromatic nitrogens is 2. The second kappa shape index (κ2) is 5.03. The number of hydrogen-bond donors (Lipinski definition) is 1. The van der Waals surface area contributed by atoms with Gasteiger partial charge in [0.15, 0.2) is 0 Å². The molecule has 1 fully saturated rings. The van der Waals surface area contributed by atoms with Gasteiger partial charge >= 0.3 is 5.97 Å². The number of carboxylic acid groups (broad SMARTS) is 1. The largest absolute Gasteiger partial charge is 0.481 e. The maximum Gasteiger partial charge on any atom is 0.309 e. The molecule has 0 spiro atoms. The molecule has 1 aliphatic heterocycles. The van der Waals surface area contributed by atoms with Gasteiger partial charge in [-0.2, -0.15) is 5.10 Å². The molecule has 0 aliphatic carbocycles. The molecule has 0 atom stereocenters. The van der Waals surface area contributed by atoms with Crippen LogP contribution < -0.4 is 0 Å². The summed E-state index contributed by atoms with van der Waals surface area (Å²) in [7, 11) is 1.76. The van der Waals surface area contributed by atoms with E-state index in [1.807, 2.05) is 6.92 Å². The van der Waals surface area contributed by atoms with E-state index in [1.165, 1.54) is 0 Å². The van der Waals surface area contributed by atoms with Crippen molar-refractivity contribution in [1.82, 2.24) is 14.7 Å². The number of aryl methyl sites for hydroxylation is 1. The lowest BCUT2D eigenvalue weighted by Gasteiger charge is -2.38. The lowest BCUT2D eigenvalue weighted by atomic mass is 9.76. The predicted molar refractivity (Wildman–Crippen MR) is 68.7 cm³/mol. The molecule has 0 saturated carbocycles. The van der Waals surface area contributed by atoms with Crippen molar-refractivity contribution in [3.05, 3.63) is 18.0 Å². The van der Waals surface area contributed by atoms with Gasteiger partial charge < -0.3 is 10.0 Å². The quantitative estimate of drug-likeness (QED) is 0.889. The lowest BCUT2D eigenvalue weighted by Crippen LogP contribution is -2.46. The van der Waals surface area contributed by atoms with Crippen molar-refractivity contribution in [2.75, 3.05) is 13.1 Å². The molecule has 1 aromatic rings. The first kappa shape index (κ1) is 13.6. The minimum Gasteiger partial charge on any atom is -0.481 e. The van der Waals surface area contributed by atoms with E-state index >= 15 is 0 Å². The van der Waals surface area contributed by atoms with Crippen LogP contribution >= 0.6 is 0 Å². The van der Waals surface area contributed by atoms with E-state index in [2.05, 4.69) is 5.10 Å². The molecule has 1 N–H and O–H groups in total. The first-order valence-corrected chi connectivity index (χ1v) is 6.50. The maximum absolute atomic E-state index is 12.2. The summed E-state index contributed by atoms with van der Waals surface area (Å²) in [6.45, 7) is 2.88. The van der Waals surface area contributed by atoms with Gasteiger partial charge in [-0.05, 0) is 19.3 Å². The average molecular weight is 265 g/mol. The Morgan fingerprint density at radius 2 is 2.05 bits per heavy atom. The zero-order chi connectivity index (χ0) is 14.0. The lowest BCUT2D eigenvalue weighted by molar-refractivity contribution is -0.152. The summed E-state index contributed by atoms with van der Waals surface area (Å²) in [6.07, 6.45) is 4.87. The molecule has 2 heterocycles. The van der Waals surface area contributed by atoms with Crippen LogP contribution in [0.4, 0.5) is 0 Å². The number of nitrogens with zero attached hydrogens (tertiary/aromatic N) is 3. The van der Waals surface area contributed by atoms with Crippen LogP contribution in [-0.4, -0.2) is 44.8 Å². The third-order valence-corrected chi connectivity index (χ3v) is 4.09. The molecule has 1 saturated heterocycles. The van der Waals surface area contributed by atoms with E-state index in [0.717, 1.165) is 0 Å². The highest BCUT2D eigenvalue weighted by Crippen LogP contribution is 2.35. The Kier molecular flexibility index (Phi) is 3.59. The summed E-state index contributed by atoms with van der Waals surface area (Å²) < 4.78 is 1.59. The molecular formula is C13H19N3O3. The monoisotopic (exact) mass is 265 g/mol. The van der Waals surface area contributed by atoms with Crippen LogP contribution in [0.25, 0.3) is 0 Å². The van der Waals surface area contributed by atoms with Gasteiger partial charge in [-0.1, -0.05) is 6.92 Å². The van der Waals surface area contributed by atoms with E-state index < -0.39 is 11.4 Å². The summed E-state index contributed by atoms with van der Waals surface area (Å²) in [4.78, 5) is 25.3. The van der Waals surface area contributed by atoms with Crippen molar-refractivity contribution in [3.63, 3.8) is 0 Å². The number of hydrogen-bond acceptors (Lipinski definition) is 3. The Labute approximate surface area is 112 Å². The molecule has 0 aromatic carbocycles. The standard InChI is InChI=1S/C13H19N3O3/c1-3-13(12(18)19)4-6-16(7-5-13)11(17)10-8-14-15(2)9-10/h8-9H,3-7H2,1-2H3,(H,18,19). The third kappa shape index (κ3) is 2.47. The van der Waals surface area contributed by atoms with Crippen LogP contribution in [0.5, 0.6) is 0 Å². The van der Waals surface area contributed by atoms with Crippen molar-refractivity contribution in [2.24, 2.45) is 12.5 Å². The normalized spacial score (nSPS) is 18.3. The SMILES string of the molecule is CCC1(C(=O)O)CCN(C(=O)c2cnn(C)c2)CC1. The van der Waals surface area contributed by atoms with Crippen LogP contribution in [0.15, 0.2) is 12.4 Å². The maximum atomic E-state index is 12.2. The topological polar surface area (TPSA) is 75.4 Å². The number of piperidine rings is 1. The zero-order valence-corrected chi connectivity index (χ0v) is 11.3. The van der Waals surface area contributed by atoms with Gasteiger partial charge in [0.25, 0.3) is 5.91 Å². The zero-order valence-electron chi connectivity index (χ0n) is 11.3. The second-order valence-electron chi connectivity index (χ2n) is 5.13. The highest BCUT2D eigenvalue weighted by Gasteiger charge is 2.40. The molecule has 6 heteroatoms. The average Bonchev–Trinajstić information content (AvgIpc) is 2.84. The minimum absolute atomic E-state index is 0.0665.